The van der Waals surface area contributed by atoms with Gasteiger partial charge in [-0.3, -0.25) is 13.9 Å². The fraction of sp³-hybridized carbons (Fsp3) is 0.212. The maximum atomic E-state index is 13.6. The van der Waals surface area contributed by atoms with Crippen molar-refractivity contribution in [1.29, 1.82) is 0 Å². The highest BCUT2D eigenvalue weighted by Gasteiger charge is 2.27. The number of halogens is 1. The van der Waals surface area contributed by atoms with Crippen molar-refractivity contribution in [3.8, 4) is 5.75 Å². The quantitative estimate of drug-likeness (QED) is 0.212. The molecule has 0 saturated heterocycles. The van der Waals surface area contributed by atoms with E-state index in [0.29, 0.717) is 29.3 Å². The third kappa shape index (κ3) is 7.98. The Balaban J connectivity index is 1.51. The fourth-order valence-electron chi connectivity index (χ4n) is 4.25. The van der Waals surface area contributed by atoms with Crippen LogP contribution in [0.4, 0.5) is 21.5 Å². The Morgan fingerprint density at radius 3 is 2.02 bits per heavy atom. The lowest BCUT2D eigenvalue weighted by Gasteiger charge is -2.24. The summed E-state index contributed by atoms with van der Waals surface area (Å²) in [6, 6.07) is 24.5. The molecular formula is C33H34FN3O5S. The number of ether oxygens (including phenoxy) is 1. The van der Waals surface area contributed by atoms with Gasteiger partial charge in [0.25, 0.3) is 15.9 Å². The Kier molecular flexibility index (Phi) is 9.50. The number of nitrogens with one attached hydrogen (secondary N) is 2. The monoisotopic (exact) mass is 603 g/mol. The summed E-state index contributed by atoms with van der Waals surface area (Å²) < 4.78 is 47.2. The average molecular weight is 604 g/mol. The molecular weight excluding hydrogens is 569 g/mol. The Morgan fingerprint density at radius 2 is 1.44 bits per heavy atom. The summed E-state index contributed by atoms with van der Waals surface area (Å²) in [6.07, 6.45) is 0. The van der Waals surface area contributed by atoms with Crippen LogP contribution in [0.5, 0.6) is 5.75 Å². The van der Waals surface area contributed by atoms with Gasteiger partial charge in [-0.2, -0.15) is 0 Å². The number of amides is 2. The summed E-state index contributed by atoms with van der Waals surface area (Å²) in [5.41, 5.74) is 2.46. The van der Waals surface area contributed by atoms with Crippen molar-refractivity contribution in [2.24, 2.45) is 0 Å². The van der Waals surface area contributed by atoms with Crippen LogP contribution in [0.1, 0.15) is 43.6 Å². The van der Waals surface area contributed by atoms with Gasteiger partial charge >= 0.3 is 0 Å². The lowest BCUT2D eigenvalue weighted by molar-refractivity contribution is -0.114. The standard InChI is InChI=1S/C33H34FN3O5S/c1-5-42-29-17-19-30(20-18-29)43(40,41)37(28-15-13-25(34)14-16-28)22-31(38)35-26-7-6-8-27(21-26)36-32(39)23-9-11-24(12-10-23)33(2,3)4/h6-21H,5,22H2,1-4H3,(H,35,38)(H,36,39). The van der Waals surface area contributed by atoms with E-state index >= 15 is 0 Å². The summed E-state index contributed by atoms with van der Waals surface area (Å²) in [5, 5.41) is 5.51. The number of anilines is 3. The first-order chi connectivity index (χ1) is 20.4. The Hall–Kier alpha value is -4.70. The summed E-state index contributed by atoms with van der Waals surface area (Å²) >= 11 is 0. The molecule has 0 unspecified atom stereocenters. The molecule has 10 heteroatoms. The van der Waals surface area contributed by atoms with Gasteiger partial charge in [0.05, 0.1) is 17.2 Å². The average Bonchev–Trinajstić information content (AvgIpc) is 2.97. The van der Waals surface area contributed by atoms with Crippen LogP contribution in [0, 0.1) is 5.82 Å². The second kappa shape index (κ2) is 13.1. The van der Waals surface area contributed by atoms with Crippen LogP contribution in [-0.4, -0.2) is 33.4 Å². The number of carbonyl (C=O) groups excluding carboxylic acids is 2. The van der Waals surface area contributed by atoms with Gasteiger partial charge in [0.15, 0.2) is 0 Å². The Morgan fingerprint density at radius 1 is 0.837 bits per heavy atom. The Labute approximate surface area is 251 Å². The van der Waals surface area contributed by atoms with Crippen LogP contribution in [0.15, 0.2) is 102 Å². The fourth-order valence-corrected chi connectivity index (χ4v) is 5.68. The van der Waals surface area contributed by atoms with E-state index in [4.69, 9.17) is 4.74 Å². The molecule has 0 spiro atoms. The molecule has 4 aromatic rings. The smallest absolute Gasteiger partial charge is 0.264 e. The summed E-state index contributed by atoms with van der Waals surface area (Å²) in [6.45, 7) is 7.93. The molecule has 0 atom stereocenters. The molecule has 224 valence electrons. The van der Waals surface area contributed by atoms with Gasteiger partial charge < -0.3 is 15.4 Å². The normalized spacial score (nSPS) is 11.5. The van der Waals surface area contributed by atoms with Crippen LogP contribution < -0.4 is 19.7 Å². The number of hydrogen-bond donors (Lipinski definition) is 2. The topological polar surface area (TPSA) is 105 Å². The number of benzene rings is 4. The number of sulfonamides is 1. The lowest BCUT2D eigenvalue weighted by Crippen LogP contribution is -2.38. The molecule has 2 amide bonds. The molecule has 43 heavy (non-hydrogen) atoms. The van der Waals surface area contributed by atoms with Crippen molar-refractivity contribution in [2.75, 3.05) is 28.1 Å². The van der Waals surface area contributed by atoms with Gasteiger partial charge in [-0.1, -0.05) is 39.0 Å². The Bertz CT molecular complexity index is 1680. The molecule has 4 rings (SSSR count). The minimum absolute atomic E-state index is 0.0403. The molecule has 4 aromatic carbocycles. The highest BCUT2D eigenvalue weighted by molar-refractivity contribution is 7.92. The molecule has 0 aliphatic rings. The predicted octanol–water partition coefficient (Wildman–Crippen LogP) is 6.61. The van der Waals surface area contributed by atoms with Crippen molar-refractivity contribution in [3.63, 3.8) is 0 Å². The number of nitrogens with zero attached hydrogens (tertiary/aromatic N) is 1. The second-order valence-corrected chi connectivity index (χ2v) is 12.7. The van der Waals surface area contributed by atoms with Crippen LogP contribution in [0.25, 0.3) is 0 Å². The van der Waals surface area contributed by atoms with Crippen molar-refractivity contribution >= 4 is 38.9 Å². The number of rotatable bonds is 10. The highest BCUT2D eigenvalue weighted by Crippen LogP contribution is 2.26. The van der Waals surface area contributed by atoms with Crippen LogP contribution in [0.2, 0.25) is 0 Å². The van der Waals surface area contributed by atoms with Gasteiger partial charge in [-0.15, -0.1) is 0 Å². The van der Waals surface area contributed by atoms with E-state index in [9.17, 15) is 22.4 Å². The van der Waals surface area contributed by atoms with Gasteiger partial charge in [-0.05, 0) is 96.8 Å². The van der Waals surface area contributed by atoms with Gasteiger partial charge in [0, 0.05) is 16.9 Å². The number of carbonyl (C=O) groups is 2. The molecule has 8 nitrogen and oxygen atoms in total. The van der Waals surface area contributed by atoms with Crippen molar-refractivity contribution < 1.29 is 27.1 Å². The minimum atomic E-state index is -4.22. The SMILES string of the molecule is CCOc1ccc(S(=O)(=O)N(CC(=O)Nc2cccc(NC(=O)c3ccc(C(C)(C)C)cc3)c2)c2ccc(F)cc2)cc1. The van der Waals surface area contributed by atoms with E-state index in [-0.39, 0.29) is 21.9 Å². The van der Waals surface area contributed by atoms with Crippen molar-refractivity contribution in [2.45, 2.75) is 38.0 Å². The van der Waals surface area contributed by atoms with E-state index < -0.39 is 28.3 Å². The summed E-state index contributed by atoms with van der Waals surface area (Å²) in [7, 11) is -4.22. The first-order valence-corrected chi connectivity index (χ1v) is 15.1. The van der Waals surface area contributed by atoms with Gasteiger partial charge in [-0.25, -0.2) is 12.8 Å². The van der Waals surface area contributed by atoms with Crippen molar-refractivity contribution in [3.05, 3.63) is 114 Å². The minimum Gasteiger partial charge on any atom is -0.494 e. The predicted molar refractivity (Wildman–Crippen MR) is 167 cm³/mol. The summed E-state index contributed by atoms with van der Waals surface area (Å²) in [5.74, 6) is -0.995. The highest BCUT2D eigenvalue weighted by atomic mass is 32.2. The second-order valence-electron chi connectivity index (χ2n) is 10.8. The van der Waals surface area contributed by atoms with Gasteiger partial charge in [0.2, 0.25) is 5.91 Å². The van der Waals surface area contributed by atoms with Crippen LogP contribution in [-0.2, 0) is 20.2 Å². The molecule has 0 radical (unpaired) electrons. The lowest BCUT2D eigenvalue weighted by atomic mass is 9.87. The van der Waals surface area contributed by atoms with E-state index in [1.54, 1.807) is 36.4 Å². The zero-order chi connectivity index (χ0) is 31.2. The van der Waals surface area contributed by atoms with Gasteiger partial charge in [0.1, 0.15) is 18.1 Å². The third-order valence-corrected chi connectivity index (χ3v) is 8.33. The van der Waals surface area contributed by atoms with Crippen LogP contribution in [0.3, 0.4) is 0 Å². The molecule has 2 N–H and O–H groups in total. The molecule has 0 aromatic heterocycles. The largest absolute Gasteiger partial charge is 0.494 e. The maximum absolute atomic E-state index is 13.6. The van der Waals surface area contributed by atoms with Crippen LogP contribution >= 0.6 is 0 Å². The molecule has 0 heterocycles. The molecule has 0 bridgehead atoms. The third-order valence-electron chi connectivity index (χ3n) is 6.54. The van der Waals surface area contributed by atoms with E-state index in [1.807, 2.05) is 19.1 Å². The first-order valence-electron chi connectivity index (χ1n) is 13.7. The number of hydrogen-bond acceptors (Lipinski definition) is 5. The molecule has 0 aliphatic heterocycles. The van der Waals surface area contributed by atoms with Crippen molar-refractivity contribution in [1.82, 2.24) is 0 Å². The molecule has 0 saturated carbocycles. The zero-order valence-electron chi connectivity index (χ0n) is 24.4. The van der Waals surface area contributed by atoms with E-state index in [0.717, 1.165) is 22.0 Å². The maximum Gasteiger partial charge on any atom is 0.264 e. The zero-order valence-corrected chi connectivity index (χ0v) is 25.2. The first kappa shape index (κ1) is 31.2. The molecule has 0 fully saturated rings. The summed E-state index contributed by atoms with van der Waals surface area (Å²) in [4.78, 5) is 25.9. The van der Waals surface area contributed by atoms with E-state index in [2.05, 4.69) is 31.4 Å². The van der Waals surface area contributed by atoms with E-state index in [1.165, 1.54) is 36.4 Å². The molecule has 0 aliphatic carbocycles.